The molecule has 0 saturated carbocycles. The van der Waals surface area contributed by atoms with Crippen LogP contribution in [0.25, 0.3) is 10.2 Å². The number of aryl methyl sites for hydroxylation is 1. The maximum absolute atomic E-state index is 12.1. The van der Waals surface area contributed by atoms with Gasteiger partial charge in [-0.15, -0.1) is 11.8 Å². The van der Waals surface area contributed by atoms with Gasteiger partial charge in [0, 0.05) is 56.3 Å². The molecule has 1 aromatic heterocycles. The van der Waals surface area contributed by atoms with Gasteiger partial charge in [0.25, 0.3) is 0 Å². The molecule has 3 aromatic rings. The molecule has 1 fully saturated rings. The molecule has 0 radical (unpaired) electrons. The van der Waals surface area contributed by atoms with Crippen molar-refractivity contribution in [2.45, 2.75) is 18.2 Å². The zero-order valence-electron chi connectivity index (χ0n) is 17.6. The van der Waals surface area contributed by atoms with Crippen LogP contribution in [0.5, 0.6) is 0 Å². The monoisotopic (exact) mass is 474 g/mol. The molecular formula is C23H27ClN4OS2. The molecular weight excluding hydrogens is 448 g/mol. The van der Waals surface area contributed by atoms with Crippen LogP contribution in [-0.2, 0) is 4.79 Å². The van der Waals surface area contributed by atoms with E-state index in [2.05, 4.69) is 52.4 Å². The standard InChI is InChI=1S/C23H27ClN4OS2/c1-17-5-7-18(8-6-17)30-16-9-21(29)25-10-11-27-12-14-28(15-13-27)23-26-22-19(24)3-2-4-20(22)31-23/h2-8H,9-16H2,1H3,(H,25,29). The van der Waals surface area contributed by atoms with Crippen LogP contribution in [-0.4, -0.2) is 60.8 Å². The lowest BCUT2D eigenvalue weighted by molar-refractivity contribution is -0.120. The largest absolute Gasteiger partial charge is 0.355 e. The van der Waals surface area contributed by atoms with E-state index in [1.807, 2.05) is 12.1 Å². The van der Waals surface area contributed by atoms with E-state index in [0.29, 0.717) is 18.0 Å². The van der Waals surface area contributed by atoms with Crippen LogP contribution in [0.4, 0.5) is 5.13 Å². The number of hydrogen-bond acceptors (Lipinski definition) is 6. The molecule has 8 heteroatoms. The van der Waals surface area contributed by atoms with E-state index >= 15 is 0 Å². The number of benzene rings is 2. The van der Waals surface area contributed by atoms with E-state index in [9.17, 15) is 4.79 Å². The van der Waals surface area contributed by atoms with E-state index in [1.165, 1.54) is 10.5 Å². The summed E-state index contributed by atoms with van der Waals surface area (Å²) in [5.41, 5.74) is 2.15. The van der Waals surface area contributed by atoms with Crippen molar-refractivity contribution in [2.24, 2.45) is 0 Å². The third-order valence-corrected chi connectivity index (χ3v) is 7.77. The molecule has 1 N–H and O–H groups in total. The van der Waals surface area contributed by atoms with E-state index < -0.39 is 0 Å². The molecule has 0 atom stereocenters. The molecule has 0 unspecified atom stereocenters. The Labute approximate surface area is 196 Å². The Morgan fingerprint density at radius 2 is 1.94 bits per heavy atom. The van der Waals surface area contributed by atoms with Gasteiger partial charge >= 0.3 is 0 Å². The van der Waals surface area contributed by atoms with Crippen molar-refractivity contribution in [3.05, 3.63) is 53.1 Å². The number of rotatable bonds is 8. The minimum atomic E-state index is 0.129. The first-order valence-electron chi connectivity index (χ1n) is 10.6. The molecule has 1 aliphatic heterocycles. The number of hydrogen-bond donors (Lipinski definition) is 1. The van der Waals surface area contributed by atoms with Crippen LogP contribution in [0, 0.1) is 6.92 Å². The second-order valence-electron chi connectivity index (χ2n) is 7.67. The van der Waals surface area contributed by atoms with Crippen LogP contribution >= 0.6 is 34.7 Å². The minimum Gasteiger partial charge on any atom is -0.355 e. The number of amides is 1. The van der Waals surface area contributed by atoms with Crippen molar-refractivity contribution in [1.29, 1.82) is 0 Å². The normalized spacial score (nSPS) is 14.8. The number of para-hydroxylation sites is 1. The summed E-state index contributed by atoms with van der Waals surface area (Å²) in [7, 11) is 0. The molecule has 0 aliphatic carbocycles. The van der Waals surface area contributed by atoms with Gasteiger partial charge in [-0.3, -0.25) is 9.69 Å². The van der Waals surface area contributed by atoms with Gasteiger partial charge in [0.2, 0.25) is 5.91 Å². The minimum absolute atomic E-state index is 0.129. The fraction of sp³-hybridized carbons (Fsp3) is 0.391. The van der Waals surface area contributed by atoms with Crippen molar-refractivity contribution >= 4 is 56.0 Å². The number of anilines is 1. The van der Waals surface area contributed by atoms with Crippen molar-refractivity contribution < 1.29 is 4.79 Å². The molecule has 2 heterocycles. The first-order valence-corrected chi connectivity index (χ1v) is 12.7. The van der Waals surface area contributed by atoms with Crippen molar-refractivity contribution in [1.82, 2.24) is 15.2 Å². The number of nitrogens with one attached hydrogen (secondary N) is 1. The zero-order valence-corrected chi connectivity index (χ0v) is 20.0. The number of fused-ring (bicyclic) bond motifs is 1. The van der Waals surface area contributed by atoms with Gasteiger partial charge < -0.3 is 10.2 Å². The number of halogens is 1. The highest BCUT2D eigenvalue weighted by atomic mass is 35.5. The third kappa shape index (κ3) is 6.13. The molecule has 1 saturated heterocycles. The first kappa shape index (κ1) is 22.4. The Balaban J connectivity index is 1.13. The van der Waals surface area contributed by atoms with Crippen LogP contribution < -0.4 is 10.2 Å². The Kier molecular flexibility index (Phi) is 7.72. The number of thiazole rings is 1. The van der Waals surface area contributed by atoms with Gasteiger partial charge in [-0.25, -0.2) is 4.98 Å². The quantitative estimate of drug-likeness (QED) is 0.480. The van der Waals surface area contributed by atoms with Crippen LogP contribution in [0.15, 0.2) is 47.4 Å². The van der Waals surface area contributed by atoms with Gasteiger partial charge in [0.1, 0.15) is 5.52 Å². The molecule has 2 aromatic carbocycles. The second-order valence-corrected chi connectivity index (χ2v) is 10.3. The predicted molar refractivity (Wildman–Crippen MR) is 133 cm³/mol. The Morgan fingerprint density at radius 3 is 2.68 bits per heavy atom. The molecule has 0 bridgehead atoms. The van der Waals surface area contributed by atoms with Crippen LogP contribution in [0.3, 0.4) is 0 Å². The lowest BCUT2D eigenvalue weighted by atomic mass is 10.2. The number of nitrogens with zero attached hydrogens (tertiary/aromatic N) is 3. The fourth-order valence-electron chi connectivity index (χ4n) is 3.54. The number of carbonyl (C=O) groups excluding carboxylic acids is 1. The van der Waals surface area contributed by atoms with E-state index in [-0.39, 0.29) is 5.91 Å². The second kappa shape index (κ2) is 10.7. The molecule has 1 amide bonds. The predicted octanol–water partition coefficient (Wildman–Crippen LogP) is 4.68. The van der Waals surface area contributed by atoms with Gasteiger partial charge in [-0.2, -0.15) is 0 Å². The van der Waals surface area contributed by atoms with E-state index in [4.69, 9.17) is 16.6 Å². The summed E-state index contributed by atoms with van der Waals surface area (Å²) >= 11 is 9.70. The van der Waals surface area contributed by atoms with Crippen molar-refractivity contribution in [3.63, 3.8) is 0 Å². The molecule has 0 spiro atoms. The molecule has 31 heavy (non-hydrogen) atoms. The maximum atomic E-state index is 12.1. The molecule has 5 nitrogen and oxygen atoms in total. The van der Waals surface area contributed by atoms with Crippen LogP contribution in [0.2, 0.25) is 5.02 Å². The van der Waals surface area contributed by atoms with E-state index in [0.717, 1.165) is 53.8 Å². The third-order valence-electron chi connectivity index (χ3n) is 5.37. The Hall–Kier alpha value is -1.80. The lowest BCUT2D eigenvalue weighted by Gasteiger charge is -2.34. The first-order chi connectivity index (χ1) is 15.1. The van der Waals surface area contributed by atoms with Gasteiger partial charge in [-0.05, 0) is 31.2 Å². The highest BCUT2D eigenvalue weighted by Crippen LogP contribution is 2.33. The SMILES string of the molecule is Cc1ccc(SCCC(=O)NCCN2CCN(c3nc4c(Cl)cccc4s3)CC2)cc1. The van der Waals surface area contributed by atoms with Crippen molar-refractivity contribution in [2.75, 3.05) is 49.9 Å². The van der Waals surface area contributed by atoms with Gasteiger partial charge in [0.15, 0.2) is 5.13 Å². The highest BCUT2D eigenvalue weighted by Gasteiger charge is 2.20. The summed E-state index contributed by atoms with van der Waals surface area (Å²) in [5.74, 6) is 0.935. The summed E-state index contributed by atoms with van der Waals surface area (Å²) < 4.78 is 1.13. The van der Waals surface area contributed by atoms with Gasteiger partial charge in [-0.1, -0.05) is 46.7 Å². The van der Waals surface area contributed by atoms with Crippen LogP contribution in [0.1, 0.15) is 12.0 Å². The Morgan fingerprint density at radius 1 is 1.16 bits per heavy atom. The number of carbonyl (C=O) groups is 1. The summed E-state index contributed by atoms with van der Waals surface area (Å²) in [6, 6.07) is 14.4. The molecule has 164 valence electrons. The topological polar surface area (TPSA) is 48.5 Å². The lowest BCUT2D eigenvalue weighted by Crippen LogP contribution is -2.48. The average Bonchev–Trinajstić information content (AvgIpc) is 3.21. The summed E-state index contributed by atoms with van der Waals surface area (Å²) in [6.07, 6.45) is 0.548. The number of thioether (sulfide) groups is 1. The average molecular weight is 475 g/mol. The summed E-state index contributed by atoms with van der Waals surface area (Å²) in [4.78, 5) is 22.8. The van der Waals surface area contributed by atoms with E-state index in [1.54, 1.807) is 23.1 Å². The fourth-order valence-corrected chi connectivity index (χ4v) is 5.71. The highest BCUT2D eigenvalue weighted by molar-refractivity contribution is 7.99. The summed E-state index contributed by atoms with van der Waals surface area (Å²) in [5, 5.41) is 4.82. The van der Waals surface area contributed by atoms with Gasteiger partial charge in [0.05, 0.1) is 9.72 Å². The number of piperazine rings is 1. The smallest absolute Gasteiger partial charge is 0.220 e. The Bertz CT molecular complexity index is 1020. The molecule has 4 rings (SSSR count). The number of aromatic nitrogens is 1. The molecule has 1 aliphatic rings. The van der Waals surface area contributed by atoms with Crippen molar-refractivity contribution in [3.8, 4) is 0 Å². The summed E-state index contributed by atoms with van der Waals surface area (Å²) in [6.45, 7) is 7.50. The maximum Gasteiger partial charge on any atom is 0.220 e. The zero-order chi connectivity index (χ0) is 21.6.